The number of nitrogens with zero attached hydrogens (tertiary/aromatic N) is 1. The third kappa shape index (κ3) is 1.83. The Hall–Kier alpha value is -1.47. The van der Waals surface area contributed by atoms with Gasteiger partial charge in [-0.15, -0.1) is 0 Å². The fourth-order valence-corrected chi connectivity index (χ4v) is 2.27. The molecule has 0 N–H and O–H groups in total. The summed E-state index contributed by atoms with van der Waals surface area (Å²) < 4.78 is 12.8. The predicted octanol–water partition coefficient (Wildman–Crippen LogP) is 2.93. The summed E-state index contributed by atoms with van der Waals surface area (Å²) in [6.07, 6.45) is 5.47. The van der Waals surface area contributed by atoms with Crippen LogP contribution in [0.2, 0.25) is 0 Å². The van der Waals surface area contributed by atoms with E-state index in [1.54, 1.807) is 18.2 Å². The van der Waals surface area contributed by atoms with Crippen molar-refractivity contribution in [3.63, 3.8) is 0 Å². The minimum absolute atomic E-state index is 0.262. The molecule has 15 heavy (non-hydrogen) atoms. The number of isocyanates is 1. The lowest BCUT2D eigenvalue weighted by atomic mass is 9.89. The summed E-state index contributed by atoms with van der Waals surface area (Å²) in [7, 11) is 0. The molecule has 0 radical (unpaired) electrons. The third-order valence-corrected chi connectivity index (χ3v) is 3.07. The first kappa shape index (κ1) is 10.1. The normalized spacial score (nSPS) is 18.5. The molecule has 0 bridgehead atoms. The average molecular weight is 205 g/mol. The van der Waals surface area contributed by atoms with Gasteiger partial charge in [0, 0.05) is 0 Å². The summed E-state index contributed by atoms with van der Waals surface area (Å²) in [6.45, 7) is 0. The van der Waals surface area contributed by atoms with Crippen LogP contribution in [0, 0.1) is 5.82 Å². The quantitative estimate of drug-likeness (QED) is 0.539. The van der Waals surface area contributed by atoms with E-state index in [1.165, 1.54) is 12.1 Å². The SMILES string of the molecule is O=C=NC1(c2ccc(F)cc2)CCCC1. The van der Waals surface area contributed by atoms with Gasteiger partial charge in [-0.3, -0.25) is 0 Å². The van der Waals surface area contributed by atoms with Crippen molar-refractivity contribution >= 4 is 6.08 Å². The van der Waals surface area contributed by atoms with Gasteiger partial charge >= 0.3 is 0 Å². The predicted molar refractivity (Wildman–Crippen MR) is 54.7 cm³/mol. The van der Waals surface area contributed by atoms with Gasteiger partial charge in [-0.1, -0.05) is 25.0 Å². The first-order chi connectivity index (χ1) is 7.27. The molecular formula is C12H12FNO. The number of halogens is 1. The molecule has 78 valence electrons. The first-order valence-electron chi connectivity index (χ1n) is 5.12. The van der Waals surface area contributed by atoms with Gasteiger partial charge in [0.2, 0.25) is 6.08 Å². The molecule has 0 atom stereocenters. The number of rotatable bonds is 2. The van der Waals surface area contributed by atoms with Crippen LogP contribution in [0.15, 0.2) is 29.3 Å². The van der Waals surface area contributed by atoms with Crippen molar-refractivity contribution in [2.75, 3.05) is 0 Å². The van der Waals surface area contributed by atoms with Gasteiger partial charge in [0.25, 0.3) is 0 Å². The lowest BCUT2D eigenvalue weighted by Crippen LogP contribution is -2.18. The standard InChI is InChI=1S/C12H12FNO/c13-11-5-3-10(4-6-11)12(14-9-15)7-1-2-8-12/h3-6H,1-2,7-8H2. The highest BCUT2D eigenvalue weighted by Gasteiger charge is 2.35. The Bertz CT molecular complexity index is 387. The van der Waals surface area contributed by atoms with E-state index in [2.05, 4.69) is 4.99 Å². The van der Waals surface area contributed by atoms with Crippen LogP contribution in [0.5, 0.6) is 0 Å². The molecule has 1 saturated carbocycles. The van der Waals surface area contributed by atoms with Gasteiger partial charge in [-0.25, -0.2) is 9.18 Å². The largest absolute Gasteiger partial charge is 0.235 e. The van der Waals surface area contributed by atoms with Crippen LogP contribution in [-0.4, -0.2) is 6.08 Å². The van der Waals surface area contributed by atoms with Crippen LogP contribution in [0.1, 0.15) is 31.2 Å². The van der Waals surface area contributed by atoms with E-state index in [9.17, 15) is 9.18 Å². The van der Waals surface area contributed by atoms with E-state index in [0.29, 0.717) is 0 Å². The molecular weight excluding hydrogens is 193 g/mol. The number of hydrogen-bond donors (Lipinski definition) is 0. The Kier molecular flexibility index (Phi) is 2.65. The molecule has 1 fully saturated rings. The van der Waals surface area contributed by atoms with E-state index in [0.717, 1.165) is 31.2 Å². The van der Waals surface area contributed by atoms with Crippen LogP contribution in [-0.2, 0) is 10.3 Å². The molecule has 3 heteroatoms. The van der Waals surface area contributed by atoms with Gasteiger partial charge in [0.15, 0.2) is 0 Å². The van der Waals surface area contributed by atoms with Crippen LogP contribution >= 0.6 is 0 Å². The second-order valence-corrected chi connectivity index (χ2v) is 3.95. The maximum absolute atomic E-state index is 12.8. The van der Waals surface area contributed by atoms with Gasteiger partial charge in [0.05, 0.1) is 5.54 Å². The Balaban J connectivity index is 2.40. The van der Waals surface area contributed by atoms with E-state index in [1.807, 2.05) is 0 Å². The van der Waals surface area contributed by atoms with Gasteiger partial charge in [-0.05, 0) is 30.5 Å². The van der Waals surface area contributed by atoms with Crippen molar-refractivity contribution in [3.05, 3.63) is 35.6 Å². The van der Waals surface area contributed by atoms with Crippen molar-refractivity contribution in [1.82, 2.24) is 0 Å². The molecule has 0 heterocycles. The maximum Gasteiger partial charge on any atom is 0.235 e. The summed E-state index contributed by atoms with van der Waals surface area (Å²) >= 11 is 0. The topological polar surface area (TPSA) is 29.4 Å². The number of hydrogen-bond acceptors (Lipinski definition) is 2. The molecule has 1 aromatic rings. The minimum atomic E-state index is -0.435. The smallest absolute Gasteiger partial charge is 0.211 e. The fraction of sp³-hybridized carbons (Fsp3) is 0.417. The summed E-state index contributed by atoms with van der Waals surface area (Å²) in [4.78, 5) is 14.4. The molecule has 0 spiro atoms. The third-order valence-electron chi connectivity index (χ3n) is 3.07. The van der Waals surface area contributed by atoms with E-state index >= 15 is 0 Å². The Morgan fingerprint density at radius 2 is 1.80 bits per heavy atom. The molecule has 2 nitrogen and oxygen atoms in total. The van der Waals surface area contributed by atoms with Crippen molar-refractivity contribution in [2.45, 2.75) is 31.2 Å². The molecule has 0 saturated heterocycles. The second-order valence-electron chi connectivity index (χ2n) is 3.95. The van der Waals surface area contributed by atoms with Gasteiger partial charge < -0.3 is 0 Å². The zero-order valence-electron chi connectivity index (χ0n) is 8.37. The van der Waals surface area contributed by atoms with Crippen LogP contribution in [0.25, 0.3) is 0 Å². The van der Waals surface area contributed by atoms with Crippen LogP contribution < -0.4 is 0 Å². The Morgan fingerprint density at radius 3 is 2.33 bits per heavy atom. The van der Waals surface area contributed by atoms with Crippen LogP contribution in [0.3, 0.4) is 0 Å². The zero-order valence-corrected chi connectivity index (χ0v) is 8.37. The van der Waals surface area contributed by atoms with Crippen molar-refractivity contribution < 1.29 is 9.18 Å². The van der Waals surface area contributed by atoms with Crippen molar-refractivity contribution in [3.8, 4) is 0 Å². The van der Waals surface area contributed by atoms with E-state index in [4.69, 9.17) is 0 Å². The molecule has 0 unspecified atom stereocenters. The highest BCUT2D eigenvalue weighted by atomic mass is 19.1. The molecule has 2 rings (SSSR count). The molecule has 1 aromatic carbocycles. The Morgan fingerprint density at radius 1 is 1.20 bits per heavy atom. The lowest BCUT2D eigenvalue weighted by molar-refractivity contribution is 0.455. The molecule has 0 aromatic heterocycles. The first-order valence-corrected chi connectivity index (χ1v) is 5.12. The molecule has 0 aliphatic heterocycles. The Labute approximate surface area is 87.8 Å². The maximum atomic E-state index is 12.8. The van der Waals surface area contributed by atoms with E-state index < -0.39 is 5.54 Å². The van der Waals surface area contributed by atoms with E-state index in [-0.39, 0.29) is 5.82 Å². The van der Waals surface area contributed by atoms with Gasteiger partial charge in [-0.2, -0.15) is 4.99 Å². The molecule has 1 aliphatic carbocycles. The molecule has 1 aliphatic rings. The average Bonchev–Trinajstić information content (AvgIpc) is 2.69. The minimum Gasteiger partial charge on any atom is -0.211 e. The van der Waals surface area contributed by atoms with Crippen molar-refractivity contribution in [1.29, 1.82) is 0 Å². The number of aliphatic imine (C=N–C) groups is 1. The summed E-state index contributed by atoms with van der Waals surface area (Å²) in [6, 6.07) is 6.24. The summed E-state index contributed by atoms with van der Waals surface area (Å²) in [5.74, 6) is -0.262. The summed E-state index contributed by atoms with van der Waals surface area (Å²) in [5.41, 5.74) is 0.486. The zero-order chi connectivity index (χ0) is 10.7. The lowest BCUT2D eigenvalue weighted by Gasteiger charge is -2.22. The monoisotopic (exact) mass is 205 g/mol. The highest BCUT2D eigenvalue weighted by Crippen LogP contribution is 2.41. The van der Waals surface area contributed by atoms with Gasteiger partial charge in [0.1, 0.15) is 5.82 Å². The summed E-state index contributed by atoms with van der Waals surface area (Å²) in [5, 5.41) is 0. The second kappa shape index (κ2) is 3.95. The fourth-order valence-electron chi connectivity index (χ4n) is 2.27. The highest BCUT2D eigenvalue weighted by molar-refractivity contribution is 5.38. The number of benzene rings is 1. The van der Waals surface area contributed by atoms with Crippen molar-refractivity contribution in [2.24, 2.45) is 4.99 Å². The van der Waals surface area contributed by atoms with Crippen LogP contribution in [0.4, 0.5) is 4.39 Å². The molecule has 0 amide bonds. The number of carbonyl (C=O) groups excluding carboxylic acids is 1.